The van der Waals surface area contributed by atoms with Crippen molar-refractivity contribution < 1.29 is 9.53 Å². The molecule has 0 bridgehead atoms. The molecule has 1 fully saturated rings. The van der Waals surface area contributed by atoms with Gasteiger partial charge in [0, 0.05) is 12.2 Å². The third-order valence-electron chi connectivity index (χ3n) is 3.90. The number of benzene rings is 1. The molecule has 2 rings (SSSR count). The number of esters is 1. The molecule has 0 saturated heterocycles. The summed E-state index contributed by atoms with van der Waals surface area (Å²) >= 11 is 0. The molecule has 0 aliphatic heterocycles. The molecule has 3 heteroatoms. The Hall–Kier alpha value is -1.51. The Bertz CT molecular complexity index is 427. The highest BCUT2D eigenvalue weighted by atomic mass is 16.5. The van der Waals surface area contributed by atoms with Gasteiger partial charge in [0.1, 0.15) is 6.10 Å². The molecule has 1 aromatic carbocycles. The van der Waals surface area contributed by atoms with Crippen LogP contribution in [0.3, 0.4) is 0 Å². The first-order chi connectivity index (χ1) is 9.63. The average molecular weight is 275 g/mol. The lowest BCUT2D eigenvalue weighted by atomic mass is 9.89. The lowest BCUT2D eigenvalue weighted by Crippen LogP contribution is -2.25. The lowest BCUT2D eigenvalue weighted by Gasteiger charge is -2.26. The van der Waals surface area contributed by atoms with Crippen molar-refractivity contribution in [3.05, 3.63) is 29.8 Å². The Morgan fingerprint density at radius 2 is 2.05 bits per heavy atom. The molecular formula is C17H25NO2. The summed E-state index contributed by atoms with van der Waals surface area (Å²) in [6.45, 7) is 4.93. The van der Waals surface area contributed by atoms with Gasteiger partial charge in [-0.1, -0.05) is 31.0 Å². The highest BCUT2D eigenvalue weighted by molar-refractivity contribution is 5.70. The van der Waals surface area contributed by atoms with Crippen molar-refractivity contribution in [3.8, 4) is 0 Å². The van der Waals surface area contributed by atoms with Gasteiger partial charge < -0.3 is 10.1 Å². The fraction of sp³-hybridized carbons (Fsp3) is 0.588. The van der Waals surface area contributed by atoms with E-state index in [9.17, 15) is 4.79 Å². The van der Waals surface area contributed by atoms with Gasteiger partial charge >= 0.3 is 5.97 Å². The van der Waals surface area contributed by atoms with E-state index in [2.05, 4.69) is 31.3 Å². The van der Waals surface area contributed by atoms with Gasteiger partial charge in [0.25, 0.3) is 0 Å². The molecule has 1 aromatic rings. The molecule has 1 N–H and O–H groups in total. The van der Waals surface area contributed by atoms with Gasteiger partial charge in [-0.25, -0.2) is 0 Å². The number of hydrogen-bond acceptors (Lipinski definition) is 3. The third kappa shape index (κ3) is 4.87. The van der Waals surface area contributed by atoms with Crippen LogP contribution in [-0.4, -0.2) is 18.6 Å². The predicted octanol–water partition coefficient (Wildman–Crippen LogP) is 3.92. The summed E-state index contributed by atoms with van der Waals surface area (Å²) in [5, 5.41) is 3.25. The first kappa shape index (κ1) is 14.9. The van der Waals surface area contributed by atoms with Crippen molar-refractivity contribution in [1.29, 1.82) is 0 Å². The van der Waals surface area contributed by atoms with Gasteiger partial charge in [0.05, 0.1) is 6.42 Å². The van der Waals surface area contributed by atoms with Crippen LogP contribution in [0, 0.1) is 12.8 Å². The quantitative estimate of drug-likeness (QED) is 0.828. The van der Waals surface area contributed by atoms with E-state index in [1.165, 1.54) is 18.4 Å². The van der Waals surface area contributed by atoms with Crippen molar-refractivity contribution >= 4 is 11.7 Å². The van der Waals surface area contributed by atoms with E-state index >= 15 is 0 Å². The molecule has 1 saturated carbocycles. The maximum absolute atomic E-state index is 11.8. The Morgan fingerprint density at radius 3 is 2.75 bits per heavy atom. The molecular weight excluding hydrogens is 250 g/mol. The highest BCUT2D eigenvalue weighted by Gasteiger charge is 2.21. The zero-order chi connectivity index (χ0) is 14.4. The molecule has 0 amide bonds. The number of ether oxygens (including phenoxy) is 1. The number of nitrogens with one attached hydrogen (secondary N) is 1. The Balaban J connectivity index is 1.66. The van der Waals surface area contributed by atoms with Gasteiger partial charge in [-0.2, -0.15) is 0 Å². The van der Waals surface area contributed by atoms with E-state index in [1.54, 1.807) is 0 Å². The van der Waals surface area contributed by atoms with Crippen LogP contribution in [0.1, 0.15) is 44.6 Å². The molecule has 1 aliphatic carbocycles. The van der Waals surface area contributed by atoms with E-state index in [-0.39, 0.29) is 12.1 Å². The number of hydrogen-bond donors (Lipinski definition) is 1. The standard InChI is InChI=1S/C17H25NO2/c1-13-6-8-15(9-7-13)18-11-10-17(19)20-16-5-3-4-14(2)12-16/h6-9,14,16,18H,3-5,10-12H2,1-2H3. The predicted molar refractivity (Wildman–Crippen MR) is 81.8 cm³/mol. The van der Waals surface area contributed by atoms with Crippen LogP contribution >= 0.6 is 0 Å². The van der Waals surface area contributed by atoms with E-state index in [0.717, 1.165) is 18.5 Å². The van der Waals surface area contributed by atoms with E-state index in [4.69, 9.17) is 4.74 Å². The smallest absolute Gasteiger partial charge is 0.307 e. The minimum atomic E-state index is -0.0799. The van der Waals surface area contributed by atoms with Gasteiger partial charge in [-0.05, 0) is 44.2 Å². The average Bonchev–Trinajstić information content (AvgIpc) is 2.41. The molecule has 2 atom stereocenters. The molecule has 3 nitrogen and oxygen atoms in total. The van der Waals surface area contributed by atoms with Crippen LogP contribution in [0.25, 0.3) is 0 Å². The Labute approximate surface area is 121 Å². The maximum Gasteiger partial charge on any atom is 0.307 e. The first-order valence-electron chi connectivity index (χ1n) is 7.63. The zero-order valence-electron chi connectivity index (χ0n) is 12.5. The number of anilines is 1. The van der Waals surface area contributed by atoms with E-state index in [1.807, 2.05) is 12.1 Å². The van der Waals surface area contributed by atoms with E-state index < -0.39 is 0 Å². The van der Waals surface area contributed by atoms with Crippen LogP contribution in [-0.2, 0) is 9.53 Å². The zero-order valence-corrected chi connectivity index (χ0v) is 12.5. The number of aryl methyl sites for hydroxylation is 1. The van der Waals surface area contributed by atoms with Gasteiger partial charge in [-0.15, -0.1) is 0 Å². The van der Waals surface area contributed by atoms with Crippen LogP contribution in [0.5, 0.6) is 0 Å². The van der Waals surface area contributed by atoms with Crippen LogP contribution in [0.4, 0.5) is 5.69 Å². The summed E-state index contributed by atoms with van der Waals surface area (Å²) in [6, 6.07) is 8.18. The lowest BCUT2D eigenvalue weighted by molar-refractivity contribution is -0.150. The van der Waals surface area contributed by atoms with E-state index in [0.29, 0.717) is 18.9 Å². The summed E-state index contributed by atoms with van der Waals surface area (Å²) in [5.74, 6) is 0.607. The molecule has 0 spiro atoms. The van der Waals surface area contributed by atoms with Crippen molar-refractivity contribution in [2.75, 3.05) is 11.9 Å². The Kier molecular flexibility index (Phi) is 5.45. The van der Waals surface area contributed by atoms with Crippen LogP contribution in [0.15, 0.2) is 24.3 Å². The first-order valence-corrected chi connectivity index (χ1v) is 7.63. The number of carbonyl (C=O) groups is 1. The third-order valence-corrected chi connectivity index (χ3v) is 3.90. The SMILES string of the molecule is Cc1ccc(NCCC(=O)OC2CCCC(C)C2)cc1. The second-order valence-corrected chi connectivity index (χ2v) is 5.93. The minimum absolute atomic E-state index is 0.0799. The highest BCUT2D eigenvalue weighted by Crippen LogP contribution is 2.25. The maximum atomic E-state index is 11.8. The molecule has 2 unspecified atom stereocenters. The summed E-state index contributed by atoms with van der Waals surface area (Å²) in [7, 11) is 0. The molecule has 110 valence electrons. The van der Waals surface area contributed by atoms with Gasteiger partial charge in [0.15, 0.2) is 0 Å². The monoisotopic (exact) mass is 275 g/mol. The minimum Gasteiger partial charge on any atom is -0.462 e. The fourth-order valence-corrected chi connectivity index (χ4v) is 2.71. The van der Waals surface area contributed by atoms with Gasteiger partial charge in [0.2, 0.25) is 0 Å². The molecule has 20 heavy (non-hydrogen) atoms. The Morgan fingerprint density at radius 1 is 1.30 bits per heavy atom. The molecule has 0 aromatic heterocycles. The van der Waals surface area contributed by atoms with Gasteiger partial charge in [-0.3, -0.25) is 4.79 Å². The summed E-state index contributed by atoms with van der Waals surface area (Å²) in [5.41, 5.74) is 2.29. The second-order valence-electron chi connectivity index (χ2n) is 5.93. The van der Waals surface area contributed by atoms with Crippen LogP contribution in [0.2, 0.25) is 0 Å². The van der Waals surface area contributed by atoms with Crippen molar-refractivity contribution in [3.63, 3.8) is 0 Å². The number of carbonyl (C=O) groups excluding carboxylic acids is 1. The van der Waals surface area contributed by atoms with Crippen molar-refractivity contribution in [2.24, 2.45) is 5.92 Å². The topological polar surface area (TPSA) is 38.3 Å². The normalized spacial score (nSPS) is 22.3. The summed E-state index contributed by atoms with van der Waals surface area (Å²) in [4.78, 5) is 11.8. The molecule has 1 aliphatic rings. The fourth-order valence-electron chi connectivity index (χ4n) is 2.71. The second kappa shape index (κ2) is 7.32. The largest absolute Gasteiger partial charge is 0.462 e. The molecule has 0 heterocycles. The van der Waals surface area contributed by atoms with Crippen molar-refractivity contribution in [2.45, 2.75) is 52.1 Å². The summed E-state index contributed by atoms with van der Waals surface area (Å²) in [6.07, 6.45) is 5.08. The number of rotatable bonds is 5. The van der Waals surface area contributed by atoms with Crippen molar-refractivity contribution in [1.82, 2.24) is 0 Å². The molecule has 0 radical (unpaired) electrons. The van der Waals surface area contributed by atoms with Crippen LogP contribution < -0.4 is 5.32 Å². The summed E-state index contributed by atoms with van der Waals surface area (Å²) < 4.78 is 5.54.